The fourth-order valence-corrected chi connectivity index (χ4v) is 3.77. The normalized spacial score (nSPS) is 11.3. The van der Waals surface area contributed by atoms with Gasteiger partial charge in [0.1, 0.15) is 18.4 Å². The number of carbonyl (C=O) groups is 1. The highest BCUT2D eigenvalue weighted by Gasteiger charge is 2.11. The van der Waals surface area contributed by atoms with Gasteiger partial charge in [0.2, 0.25) is 5.91 Å². The van der Waals surface area contributed by atoms with Gasteiger partial charge in [0, 0.05) is 11.6 Å². The molecule has 0 fully saturated rings. The van der Waals surface area contributed by atoms with Gasteiger partial charge in [0.15, 0.2) is 0 Å². The summed E-state index contributed by atoms with van der Waals surface area (Å²) < 4.78 is 3.97. The quantitative estimate of drug-likeness (QED) is 0.573. The highest BCUT2D eigenvalue weighted by atomic mass is 35.5. The van der Waals surface area contributed by atoms with Gasteiger partial charge in [-0.05, 0) is 41.6 Å². The molecule has 1 amide bonds. The van der Waals surface area contributed by atoms with Gasteiger partial charge in [-0.25, -0.2) is 4.68 Å². The van der Waals surface area contributed by atoms with Crippen molar-refractivity contribution in [3.05, 3.63) is 69.0 Å². The van der Waals surface area contributed by atoms with Crippen molar-refractivity contribution in [2.45, 2.75) is 13.0 Å². The van der Waals surface area contributed by atoms with Gasteiger partial charge in [-0.2, -0.15) is 5.10 Å². The minimum absolute atomic E-state index is 0.102. The molecule has 6 nitrogen and oxygen atoms in total. The van der Waals surface area contributed by atoms with Crippen molar-refractivity contribution in [2.24, 2.45) is 0 Å². The Hall–Kier alpha value is -2.64. The molecule has 3 aromatic heterocycles. The number of thiophene rings is 1. The van der Waals surface area contributed by atoms with Gasteiger partial charge >= 0.3 is 0 Å². The third-order valence-corrected chi connectivity index (χ3v) is 5.27. The minimum Gasteiger partial charge on any atom is -0.354 e. The molecule has 0 saturated carbocycles. The Morgan fingerprint density at radius 3 is 2.81 bits per heavy atom. The zero-order valence-electron chi connectivity index (χ0n) is 13.7. The van der Waals surface area contributed by atoms with Crippen LogP contribution in [0.4, 0.5) is 0 Å². The monoisotopic (exact) mass is 386 g/mol. The predicted molar refractivity (Wildman–Crippen MR) is 103 cm³/mol. The summed E-state index contributed by atoms with van der Waals surface area (Å²) in [6.45, 7) is 0.382. The summed E-state index contributed by atoms with van der Waals surface area (Å²) >= 11 is 7.42. The molecule has 0 atom stereocenters. The van der Waals surface area contributed by atoms with E-state index >= 15 is 0 Å². The van der Waals surface area contributed by atoms with Crippen LogP contribution in [0.1, 0.15) is 5.56 Å². The SMILES string of the molecule is O=C(Cn1ncn2c(cc3sccc32)c1=O)NCCc1ccc(Cl)cc1. The van der Waals surface area contributed by atoms with E-state index in [2.05, 4.69) is 10.4 Å². The van der Waals surface area contributed by atoms with Gasteiger partial charge in [-0.1, -0.05) is 23.7 Å². The number of benzene rings is 1. The van der Waals surface area contributed by atoms with E-state index in [1.165, 1.54) is 4.68 Å². The summed E-state index contributed by atoms with van der Waals surface area (Å²) in [7, 11) is 0. The number of nitrogens with one attached hydrogen (secondary N) is 1. The summed E-state index contributed by atoms with van der Waals surface area (Å²) in [5.74, 6) is -0.244. The maximum absolute atomic E-state index is 12.6. The number of nitrogens with zero attached hydrogens (tertiary/aromatic N) is 3. The van der Waals surface area contributed by atoms with Crippen molar-refractivity contribution in [1.29, 1.82) is 0 Å². The van der Waals surface area contributed by atoms with Crippen LogP contribution in [-0.4, -0.2) is 26.6 Å². The second kappa shape index (κ2) is 6.93. The van der Waals surface area contributed by atoms with Gasteiger partial charge in [0.25, 0.3) is 5.56 Å². The second-order valence-corrected chi connectivity index (χ2v) is 7.27. The van der Waals surface area contributed by atoms with Crippen molar-refractivity contribution in [3.63, 3.8) is 0 Å². The molecule has 1 aromatic carbocycles. The second-order valence-electron chi connectivity index (χ2n) is 5.89. The Balaban J connectivity index is 1.43. The van der Waals surface area contributed by atoms with Crippen molar-refractivity contribution in [2.75, 3.05) is 6.54 Å². The van der Waals surface area contributed by atoms with Crippen molar-refractivity contribution in [1.82, 2.24) is 19.5 Å². The van der Waals surface area contributed by atoms with Crippen molar-refractivity contribution in [3.8, 4) is 0 Å². The van der Waals surface area contributed by atoms with E-state index in [-0.39, 0.29) is 18.0 Å². The Kier molecular flexibility index (Phi) is 4.48. The van der Waals surface area contributed by atoms with Crippen LogP contribution in [0.25, 0.3) is 15.7 Å². The molecule has 3 heterocycles. The molecular weight excluding hydrogens is 372 g/mol. The molecule has 4 aromatic rings. The van der Waals surface area contributed by atoms with E-state index in [0.29, 0.717) is 23.5 Å². The number of hydrogen-bond donors (Lipinski definition) is 1. The van der Waals surface area contributed by atoms with E-state index in [1.54, 1.807) is 22.1 Å². The van der Waals surface area contributed by atoms with Crippen LogP contribution in [0.3, 0.4) is 0 Å². The highest BCUT2D eigenvalue weighted by molar-refractivity contribution is 7.17. The Labute approximate surface area is 157 Å². The topological polar surface area (TPSA) is 68.4 Å². The summed E-state index contributed by atoms with van der Waals surface area (Å²) in [4.78, 5) is 24.7. The van der Waals surface area contributed by atoms with Crippen LogP contribution in [0.5, 0.6) is 0 Å². The number of aromatic nitrogens is 3. The smallest absolute Gasteiger partial charge is 0.291 e. The zero-order valence-corrected chi connectivity index (χ0v) is 15.3. The Bertz CT molecular complexity index is 1140. The average Bonchev–Trinajstić information content (AvgIpc) is 3.21. The molecule has 0 bridgehead atoms. The fourth-order valence-electron chi connectivity index (χ4n) is 2.83. The van der Waals surface area contributed by atoms with Gasteiger partial charge in [-0.3, -0.25) is 14.0 Å². The number of fused-ring (bicyclic) bond motifs is 3. The van der Waals surface area contributed by atoms with Crippen molar-refractivity contribution < 1.29 is 4.79 Å². The molecule has 0 spiro atoms. The summed E-state index contributed by atoms with van der Waals surface area (Å²) in [6, 6.07) is 11.3. The van der Waals surface area contributed by atoms with Gasteiger partial charge in [0.05, 0.1) is 10.2 Å². The number of rotatable bonds is 5. The molecule has 8 heteroatoms. The lowest BCUT2D eigenvalue weighted by molar-refractivity contribution is -0.121. The van der Waals surface area contributed by atoms with Crippen molar-refractivity contribution >= 4 is 44.6 Å². The first-order valence-electron chi connectivity index (χ1n) is 8.07. The molecule has 0 saturated heterocycles. The van der Waals surface area contributed by atoms with E-state index in [1.807, 2.05) is 41.8 Å². The lowest BCUT2D eigenvalue weighted by Gasteiger charge is -2.07. The van der Waals surface area contributed by atoms with E-state index in [4.69, 9.17) is 11.6 Å². The van der Waals surface area contributed by atoms with Crippen LogP contribution in [0.15, 0.2) is 52.9 Å². The minimum atomic E-state index is -0.274. The molecule has 0 aliphatic carbocycles. The van der Waals surface area contributed by atoms with Crippen LogP contribution in [-0.2, 0) is 17.8 Å². The number of hydrogen-bond acceptors (Lipinski definition) is 4. The maximum atomic E-state index is 12.6. The van der Waals surface area contributed by atoms with Crippen LogP contribution in [0, 0.1) is 0 Å². The Morgan fingerprint density at radius 2 is 2.00 bits per heavy atom. The third-order valence-electron chi connectivity index (χ3n) is 4.16. The molecule has 0 radical (unpaired) electrons. The number of carbonyl (C=O) groups excluding carboxylic acids is 1. The molecule has 132 valence electrons. The predicted octanol–water partition coefficient (Wildman–Crippen LogP) is 2.72. The van der Waals surface area contributed by atoms with E-state index in [0.717, 1.165) is 15.8 Å². The summed E-state index contributed by atoms with van der Waals surface area (Å²) in [5, 5.41) is 9.59. The van der Waals surface area contributed by atoms with Crippen LogP contribution >= 0.6 is 22.9 Å². The first kappa shape index (κ1) is 16.8. The van der Waals surface area contributed by atoms with E-state index in [9.17, 15) is 9.59 Å². The van der Waals surface area contributed by atoms with Gasteiger partial charge < -0.3 is 5.32 Å². The molecule has 4 rings (SSSR count). The number of halogens is 1. The fraction of sp³-hybridized carbons (Fsp3) is 0.167. The van der Waals surface area contributed by atoms with Crippen LogP contribution in [0.2, 0.25) is 5.02 Å². The lowest BCUT2D eigenvalue weighted by atomic mass is 10.1. The molecule has 0 aliphatic rings. The largest absolute Gasteiger partial charge is 0.354 e. The molecule has 0 aliphatic heterocycles. The van der Waals surface area contributed by atoms with Gasteiger partial charge in [-0.15, -0.1) is 11.3 Å². The third kappa shape index (κ3) is 3.23. The molecule has 1 N–H and O–H groups in total. The molecule has 0 unspecified atom stereocenters. The van der Waals surface area contributed by atoms with Crippen LogP contribution < -0.4 is 10.9 Å². The lowest BCUT2D eigenvalue weighted by Crippen LogP contribution is -2.35. The molecular formula is C18H15ClN4O2S. The maximum Gasteiger partial charge on any atom is 0.291 e. The number of amides is 1. The zero-order chi connectivity index (χ0) is 18.1. The first-order chi connectivity index (χ1) is 12.6. The summed E-state index contributed by atoms with van der Waals surface area (Å²) in [6.07, 6.45) is 2.27. The summed E-state index contributed by atoms with van der Waals surface area (Å²) in [5.41, 5.74) is 2.29. The molecule has 26 heavy (non-hydrogen) atoms. The highest BCUT2D eigenvalue weighted by Crippen LogP contribution is 2.23. The standard InChI is InChI=1S/C18H15ClN4O2S/c19-13-3-1-12(2-4-13)5-7-20-17(24)10-23-18(25)15-9-16-14(6-8-26-16)22(15)11-21-23/h1-4,6,8-9,11H,5,7,10H2,(H,20,24). The van der Waals surface area contributed by atoms with E-state index < -0.39 is 0 Å². The first-order valence-corrected chi connectivity index (χ1v) is 9.33. The average molecular weight is 387 g/mol. The Morgan fingerprint density at radius 1 is 1.19 bits per heavy atom.